The van der Waals surface area contributed by atoms with Crippen molar-refractivity contribution in [2.24, 2.45) is 0 Å². The smallest absolute Gasteiger partial charge is 0.264 e. The molecule has 0 aliphatic rings. The number of benzene rings is 3. The monoisotopic (exact) mass is 551 g/mol. The third kappa shape index (κ3) is 7.60. The van der Waals surface area contributed by atoms with E-state index in [1.807, 2.05) is 51.1 Å². The number of ether oxygens (including phenoxy) is 1. The van der Waals surface area contributed by atoms with E-state index in [-0.39, 0.29) is 17.3 Å². The summed E-state index contributed by atoms with van der Waals surface area (Å²) >= 11 is 0. The van der Waals surface area contributed by atoms with Crippen molar-refractivity contribution >= 4 is 27.5 Å². The van der Waals surface area contributed by atoms with Crippen LogP contribution in [0.2, 0.25) is 0 Å². The van der Waals surface area contributed by atoms with Crippen molar-refractivity contribution in [3.05, 3.63) is 90.0 Å². The van der Waals surface area contributed by atoms with Crippen LogP contribution in [0, 0.1) is 6.92 Å². The number of hydrogen-bond donors (Lipinski definition) is 1. The molecule has 9 heteroatoms. The van der Waals surface area contributed by atoms with Gasteiger partial charge in [-0.15, -0.1) is 0 Å². The number of nitrogens with one attached hydrogen (secondary N) is 1. The molecule has 2 amide bonds. The van der Waals surface area contributed by atoms with Crippen molar-refractivity contribution in [2.75, 3.05) is 24.5 Å². The first-order valence-corrected chi connectivity index (χ1v) is 14.5. The summed E-state index contributed by atoms with van der Waals surface area (Å²) in [4.78, 5) is 28.6. The Labute approximate surface area is 231 Å². The first-order chi connectivity index (χ1) is 18.7. The van der Waals surface area contributed by atoms with Gasteiger partial charge in [-0.3, -0.25) is 13.9 Å². The summed E-state index contributed by atoms with van der Waals surface area (Å²) in [6, 6.07) is 21.6. The minimum Gasteiger partial charge on any atom is -0.497 e. The highest BCUT2D eigenvalue weighted by atomic mass is 32.2. The highest BCUT2D eigenvalue weighted by Gasteiger charge is 2.33. The SMILES string of the molecule is CCCNC(=O)C(CC)N(Cc1ccccc1)C(=O)CN(c1ccc(C)cc1)S(=O)(=O)c1ccc(OC)cc1. The molecule has 8 nitrogen and oxygen atoms in total. The average molecular weight is 552 g/mol. The molecule has 0 saturated carbocycles. The summed E-state index contributed by atoms with van der Waals surface area (Å²) < 4.78 is 34.0. The second kappa shape index (κ2) is 13.8. The largest absolute Gasteiger partial charge is 0.497 e. The van der Waals surface area contributed by atoms with Crippen LogP contribution in [0.3, 0.4) is 0 Å². The number of methoxy groups -OCH3 is 1. The van der Waals surface area contributed by atoms with Crippen LogP contribution >= 0.6 is 0 Å². The number of aryl methyl sites for hydroxylation is 1. The summed E-state index contributed by atoms with van der Waals surface area (Å²) in [6.45, 7) is 5.89. The number of nitrogens with zero attached hydrogens (tertiary/aromatic N) is 2. The van der Waals surface area contributed by atoms with Crippen LogP contribution in [0.5, 0.6) is 5.75 Å². The van der Waals surface area contributed by atoms with Crippen LogP contribution in [-0.2, 0) is 26.2 Å². The van der Waals surface area contributed by atoms with E-state index in [9.17, 15) is 18.0 Å². The maximum Gasteiger partial charge on any atom is 0.264 e. The second-order valence-corrected chi connectivity index (χ2v) is 11.1. The summed E-state index contributed by atoms with van der Waals surface area (Å²) in [5.41, 5.74) is 2.15. The first kappa shape index (κ1) is 29.7. The molecule has 0 aromatic heterocycles. The Morgan fingerprint density at radius 2 is 1.56 bits per heavy atom. The van der Waals surface area contributed by atoms with Gasteiger partial charge in [-0.1, -0.05) is 61.9 Å². The highest BCUT2D eigenvalue weighted by Crippen LogP contribution is 2.26. The molecule has 3 aromatic rings. The number of carbonyl (C=O) groups is 2. The molecule has 0 bridgehead atoms. The van der Waals surface area contributed by atoms with Crippen molar-refractivity contribution in [2.45, 2.75) is 51.1 Å². The van der Waals surface area contributed by atoms with Gasteiger partial charge in [-0.25, -0.2) is 8.42 Å². The predicted molar refractivity (Wildman–Crippen MR) is 153 cm³/mol. The van der Waals surface area contributed by atoms with E-state index in [0.29, 0.717) is 24.4 Å². The van der Waals surface area contributed by atoms with E-state index in [4.69, 9.17) is 4.74 Å². The van der Waals surface area contributed by atoms with Crippen molar-refractivity contribution < 1.29 is 22.7 Å². The van der Waals surface area contributed by atoms with Gasteiger partial charge < -0.3 is 15.0 Å². The lowest BCUT2D eigenvalue weighted by Gasteiger charge is -2.33. The zero-order valence-corrected chi connectivity index (χ0v) is 23.8. The van der Waals surface area contributed by atoms with Crippen molar-refractivity contribution in [3.63, 3.8) is 0 Å². The zero-order valence-electron chi connectivity index (χ0n) is 23.0. The maximum atomic E-state index is 14.0. The van der Waals surface area contributed by atoms with Gasteiger partial charge in [-0.05, 0) is 61.7 Å². The van der Waals surface area contributed by atoms with Crippen LogP contribution in [0.25, 0.3) is 0 Å². The normalized spacial score (nSPS) is 11.9. The topological polar surface area (TPSA) is 96.0 Å². The third-order valence-electron chi connectivity index (χ3n) is 6.38. The quantitative estimate of drug-likeness (QED) is 0.337. The minimum atomic E-state index is -4.13. The third-order valence-corrected chi connectivity index (χ3v) is 8.17. The fourth-order valence-electron chi connectivity index (χ4n) is 4.18. The molecule has 0 radical (unpaired) electrons. The number of anilines is 1. The summed E-state index contributed by atoms with van der Waals surface area (Å²) in [5, 5.41) is 2.89. The second-order valence-electron chi connectivity index (χ2n) is 9.25. The van der Waals surface area contributed by atoms with E-state index in [0.717, 1.165) is 21.9 Å². The molecule has 0 heterocycles. The molecule has 0 aliphatic carbocycles. The van der Waals surface area contributed by atoms with Gasteiger partial charge in [0, 0.05) is 13.1 Å². The molecule has 0 aliphatic heterocycles. The Morgan fingerprint density at radius 1 is 0.923 bits per heavy atom. The lowest BCUT2D eigenvalue weighted by atomic mass is 10.1. The van der Waals surface area contributed by atoms with Crippen LogP contribution < -0.4 is 14.4 Å². The summed E-state index contributed by atoms with van der Waals surface area (Å²) in [7, 11) is -2.63. The Hall–Kier alpha value is -3.85. The molecule has 0 spiro atoms. The molecule has 3 rings (SSSR count). The van der Waals surface area contributed by atoms with Gasteiger partial charge in [0.1, 0.15) is 18.3 Å². The minimum absolute atomic E-state index is 0.0269. The van der Waals surface area contributed by atoms with Crippen LogP contribution in [0.15, 0.2) is 83.8 Å². The van der Waals surface area contributed by atoms with E-state index < -0.39 is 28.5 Å². The lowest BCUT2D eigenvalue weighted by molar-refractivity contribution is -0.140. The Balaban J connectivity index is 2.03. The molecule has 39 heavy (non-hydrogen) atoms. The van der Waals surface area contributed by atoms with Crippen LogP contribution in [-0.4, -0.2) is 51.4 Å². The Kier molecular flexibility index (Phi) is 10.5. The summed E-state index contributed by atoms with van der Waals surface area (Å²) in [6.07, 6.45) is 1.14. The fraction of sp³-hybridized carbons (Fsp3) is 0.333. The van der Waals surface area contributed by atoms with Crippen LogP contribution in [0.4, 0.5) is 5.69 Å². The molecule has 3 aromatic carbocycles. The van der Waals surface area contributed by atoms with Gasteiger partial charge in [0.15, 0.2) is 0 Å². The average Bonchev–Trinajstić information content (AvgIpc) is 2.95. The zero-order chi connectivity index (χ0) is 28.4. The summed E-state index contributed by atoms with van der Waals surface area (Å²) in [5.74, 6) is -0.219. The molecular formula is C30H37N3O5S. The molecule has 1 unspecified atom stereocenters. The number of carbonyl (C=O) groups excluding carboxylic acids is 2. The van der Waals surface area contributed by atoms with Gasteiger partial charge in [0.05, 0.1) is 17.7 Å². The van der Waals surface area contributed by atoms with Gasteiger partial charge >= 0.3 is 0 Å². The Bertz CT molecular complexity index is 1330. The molecule has 208 valence electrons. The van der Waals surface area contributed by atoms with E-state index in [1.54, 1.807) is 36.4 Å². The lowest BCUT2D eigenvalue weighted by Crippen LogP contribution is -2.52. The van der Waals surface area contributed by atoms with Crippen molar-refractivity contribution in [1.29, 1.82) is 0 Å². The number of hydrogen-bond acceptors (Lipinski definition) is 5. The van der Waals surface area contributed by atoms with Crippen molar-refractivity contribution in [1.82, 2.24) is 10.2 Å². The predicted octanol–water partition coefficient (Wildman–Crippen LogP) is 4.53. The van der Waals surface area contributed by atoms with E-state index in [1.165, 1.54) is 24.1 Å². The van der Waals surface area contributed by atoms with E-state index in [2.05, 4.69) is 5.32 Å². The molecule has 1 atom stereocenters. The van der Waals surface area contributed by atoms with Gasteiger partial charge in [0.25, 0.3) is 10.0 Å². The number of rotatable bonds is 13. The first-order valence-electron chi connectivity index (χ1n) is 13.1. The van der Waals surface area contributed by atoms with Gasteiger partial charge in [0.2, 0.25) is 11.8 Å². The fourth-order valence-corrected chi connectivity index (χ4v) is 5.59. The number of sulfonamides is 1. The van der Waals surface area contributed by atoms with Gasteiger partial charge in [-0.2, -0.15) is 0 Å². The molecule has 1 N–H and O–H groups in total. The molecule has 0 fully saturated rings. The highest BCUT2D eigenvalue weighted by molar-refractivity contribution is 7.92. The number of amides is 2. The van der Waals surface area contributed by atoms with Crippen LogP contribution in [0.1, 0.15) is 37.8 Å². The molecule has 0 saturated heterocycles. The molecular weight excluding hydrogens is 514 g/mol. The van der Waals surface area contributed by atoms with Crippen molar-refractivity contribution in [3.8, 4) is 5.75 Å². The standard InChI is InChI=1S/C30H37N3O5S/c1-5-20-31-30(35)28(6-2)32(21-24-10-8-7-9-11-24)29(34)22-33(25-14-12-23(3)13-15-25)39(36,37)27-18-16-26(38-4)17-19-27/h7-19,28H,5-6,20-22H2,1-4H3,(H,31,35). The maximum absolute atomic E-state index is 14.0. The van der Waals surface area contributed by atoms with E-state index >= 15 is 0 Å². The Morgan fingerprint density at radius 3 is 2.13 bits per heavy atom.